The van der Waals surface area contributed by atoms with E-state index in [1.165, 1.54) is 0 Å². The van der Waals surface area contributed by atoms with Crippen molar-refractivity contribution in [3.8, 4) is 0 Å². The lowest BCUT2D eigenvalue weighted by Crippen LogP contribution is -2.43. The molecule has 0 unspecified atom stereocenters. The van der Waals surface area contributed by atoms with E-state index in [9.17, 15) is 4.79 Å². The molecule has 2 aliphatic rings. The molecule has 0 spiro atoms. The minimum Gasteiger partial charge on any atom is -0.378 e. The Hall–Kier alpha value is -1.22. The molecule has 1 fully saturated rings. The topological polar surface area (TPSA) is 63.6 Å². The first-order valence-corrected chi connectivity index (χ1v) is 13.1. The van der Waals surface area contributed by atoms with Gasteiger partial charge in [-0.1, -0.05) is 19.6 Å². The molecule has 0 aromatic heterocycles. The van der Waals surface area contributed by atoms with Gasteiger partial charge in [0.05, 0.1) is 18.9 Å². The van der Waals surface area contributed by atoms with E-state index in [-0.39, 0.29) is 0 Å². The number of ether oxygens (including phenoxy) is 3. The van der Waals surface area contributed by atoms with E-state index in [1.54, 1.807) is 0 Å². The summed E-state index contributed by atoms with van der Waals surface area (Å²) in [6.07, 6.45) is 4.01. The van der Waals surface area contributed by atoms with E-state index in [0.717, 1.165) is 43.6 Å². The van der Waals surface area contributed by atoms with Crippen LogP contribution in [-0.4, -0.2) is 83.0 Å². The smallest absolute Gasteiger partial charge is 0.131 e. The standard InChI is InChI=1S/C18H33N3O4Si/c1-26(2,3)12-11-24-15-20-13-17(5-4-8-22)19-18(14-25-16-20)21-6-9-23-10-7-21/h8,13H,4-7,9-12,14-16H2,1-3H3/b17-13-,19-18+. The first-order chi connectivity index (χ1) is 12.5. The first-order valence-electron chi connectivity index (χ1n) is 9.42. The van der Waals surface area contributed by atoms with Gasteiger partial charge in [0.1, 0.15) is 32.2 Å². The third-order valence-corrected chi connectivity index (χ3v) is 5.94. The molecule has 0 amide bonds. The molecule has 2 rings (SSSR count). The summed E-state index contributed by atoms with van der Waals surface area (Å²) < 4.78 is 17.1. The molecule has 0 aromatic rings. The fourth-order valence-corrected chi connectivity index (χ4v) is 3.43. The summed E-state index contributed by atoms with van der Waals surface area (Å²) >= 11 is 0. The Morgan fingerprint density at radius 3 is 2.73 bits per heavy atom. The lowest BCUT2D eigenvalue weighted by Gasteiger charge is -2.32. The van der Waals surface area contributed by atoms with E-state index in [0.29, 0.717) is 46.1 Å². The summed E-state index contributed by atoms with van der Waals surface area (Å²) in [5.41, 5.74) is 0.899. The number of nitrogens with zero attached hydrogens (tertiary/aromatic N) is 3. The fraction of sp³-hybridized carbons (Fsp3) is 0.778. The number of hydrogen-bond acceptors (Lipinski definition) is 7. The van der Waals surface area contributed by atoms with Crippen molar-refractivity contribution in [1.82, 2.24) is 9.80 Å². The number of carbonyl (C=O) groups excluding carboxylic acids is 1. The van der Waals surface area contributed by atoms with Crippen molar-refractivity contribution >= 4 is 20.2 Å². The first kappa shape index (κ1) is 21.1. The Kier molecular flexibility index (Phi) is 8.77. The molecular weight excluding hydrogens is 350 g/mol. The van der Waals surface area contributed by atoms with Crippen molar-refractivity contribution in [2.24, 2.45) is 4.99 Å². The number of morpholine rings is 1. The molecule has 148 valence electrons. The summed E-state index contributed by atoms with van der Waals surface area (Å²) in [6.45, 7) is 12.3. The summed E-state index contributed by atoms with van der Waals surface area (Å²) in [7, 11) is -1.09. The van der Waals surface area contributed by atoms with Crippen LogP contribution in [0.2, 0.25) is 25.7 Å². The molecule has 0 radical (unpaired) electrons. The molecule has 2 aliphatic heterocycles. The quantitative estimate of drug-likeness (QED) is 0.363. The number of amidine groups is 1. The van der Waals surface area contributed by atoms with Gasteiger partial charge in [0.15, 0.2) is 0 Å². The Balaban J connectivity index is 1.98. The molecule has 0 saturated carbocycles. The van der Waals surface area contributed by atoms with Crippen molar-refractivity contribution in [3.05, 3.63) is 11.9 Å². The maximum Gasteiger partial charge on any atom is 0.131 e. The van der Waals surface area contributed by atoms with Gasteiger partial charge in [-0.25, -0.2) is 4.99 Å². The van der Waals surface area contributed by atoms with Crippen molar-refractivity contribution in [1.29, 1.82) is 0 Å². The number of aldehydes is 1. The highest BCUT2D eigenvalue weighted by molar-refractivity contribution is 6.76. The van der Waals surface area contributed by atoms with Gasteiger partial charge in [-0.3, -0.25) is 0 Å². The van der Waals surface area contributed by atoms with E-state index in [4.69, 9.17) is 19.2 Å². The number of allylic oxidation sites excluding steroid dienone is 1. The van der Waals surface area contributed by atoms with Gasteiger partial charge < -0.3 is 28.8 Å². The maximum atomic E-state index is 10.8. The van der Waals surface area contributed by atoms with Gasteiger partial charge >= 0.3 is 0 Å². The summed E-state index contributed by atoms with van der Waals surface area (Å²) in [5, 5.41) is 0. The highest BCUT2D eigenvalue weighted by atomic mass is 28.3. The number of aliphatic imine (C=N–C) groups is 1. The molecule has 0 aliphatic carbocycles. The normalized spacial score (nSPS) is 23.5. The Labute approximate surface area is 158 Å². The molecule has 0 atom stereocenters. The maximum absolute atomic E-state index is 10.8. The zero-order valence-electron chi connectivity index (χ0n) is 16.4. The zero-order valence-corrected chi connectivity index (χ0v) is 17.4. The van der Waals surface area contributed by atoms with Crippen LogP contribution in [0.3, 0.4) is 0 Å². The van der Waals surface area contributed by atoms with E-state index < -0.39 is 8.07 Å². The second-order valence-electron chi connectivity index (χ2n) is 7.87. The molecule has 26 heavy (non-hydrogen) atoms. The van der Waals surface area contributed by atoms with E-state index >= 15 is 0 Å². The molecule has 8 heteroatoms. The van der Waals surface area contributed by atoms with Crippen LogP contribution in [0.5, 0.6) is 0 Å². The fourth-order valence-electron chi connectivity index (χ4n) is 2.67. The van der Waals surface area contributed by atoms with Crippen LogP contribution in [0.1, 0.15) is 12.8 Å². The minimum absolute atomic E-state index is 0.459. The van der Waals surface area contributed by atoms with Crippen molar-refractivity contribution < 1.29 is 19.0 Å². The number of carbonyl (C=O) groups is 1. The van der Waals surface area contributed by atoms with E-state index in [1.807, 2.05) is 11.1 Å². The SMILES string of the molecule is C[Si](C)(C)CCOCN1/C=C(CCC=O)\N=C(\N2CCOCC2)COC1. The number of hydrogen-bond donors (Lipinski definition) is 0. The highest BCUT2D eigenvalue weighted by Gasteiger charge is 2.18. The Bertz CT molecular complexity index is 499. The second-order valence-corrected chi connectivity index (χ2v) is 13.5. The third kappa shape index (κ3) is 7.99. The van der Waals surface area contributed by atoms with Gasteiger partial charge in [-0.2, -0.15) is 0 Å². The van der Waals surface area contributed by atoms with Gasteiger partial charge in [0.2, 0.25) is 0 Å². The highest BCUT2D eigenvalue weighted by Crippen LogP contribution is 2.14. The minimum atomic E-state index is -1.09. The molecule has 0 N–H and O–H groups in total. The van der Waals surface area contributed by atoms with Gasteiger partial charge in [-0.05, 0) is 12.5 Å². The molecule has 2 heterocycles. The largest absolute Gasteiger partial charge is 0.378 e. The summed E-state index contributed by atoms with van der Waals surface area (Å²) in [6, 6.07) is 1.14. The molecule has 1 saturated heterocycles. The zero-order chi connectivity index (χ0) is 18.8. The molecule has 7 nitrogen and oxygen atoms in total. The van der Waals surface area contributed by atoms with Crippen LogP contribution < -0.4 is 0 Å². The predicted molar refractivity (Wildman–Crippen MR) is 105 cm³/mol. The van der Waals surface area contributed by atoms with Crippen LogP contribution >= 0.6 is 0 Å². The number of rotatable bonds is 8. The van der Waals surface area contributed by atoms with Gasteiger partial charge in [0, 0.05) is 40.4 Å². The molecule has 0 bridgehead atoms. The monoisotopic (exact) mass is 383 g/mol. The lowest BCUT2D eigenvalue weighted by atomic mass is 10.2. The van der Waals surface area contributed by atoms with Crippen LogP contribution in [0.15, 0.2) is 16.9 Å². The van der Waals surface area contributed by atoms with Crippen LogP contribution in [-0.2, 0) is 19.0 Å². The summed E-state index contributed by atoms with van der Waals surface area (Å²) in [4.78, 5) is 19.8. The second kappa shape index (κ2) is 10.8. The van der Waals surface area contributed by atoms with Crippen molar-refractivity contribution in [3.63, 3.8) is 0 Å². The average Bonchev–Trinajstić information content (AvgIpc) is 2.59. The van der Waals surface area contributed by atoms with Crippen LogP contribution in [0, 0.1) is 0 Å². The third-order valence-electron chi connectivity index (χ3n) is 4.24. The van der Waals surface area contributed by atoms with Crippen molar-refractivity contribution in [2.45, 2.75) is 38.5 Å². The van der Waals surface area contributed by atoms with Gasteiger partial charge in [0.25, 0.3) is 0 Å². The molecule has 0 aromatic carbocycles. The van der Waals surface area contributed by atoms with Crippen molar-refractivity contribution in [2.75, 3.05) is 53.0 Å². The average molecular weight is 384 g/mol. The van der Waals surface area contributed by atoms with E-state index in [2.05, 4.69) is 24.5 Å². The molecular formula is C18H33N3O4Si. The Morgan fingerprint density at radius 2 is 2.04 bits per heavy atom. The predicted octanol–water partition coefficient (Wildman–Crippen LogP) is 2.14. The Morgan fingerprint density at radius 1 is 1.27 bits per heavy atom. The van der Waals surface area contributed by atoms with Gasteiger partial charge in [-0.15, -0.1) is 0 Å². The van der Waals surface area contributed by atoms with Crippen LogP contribution in [0.25, 0.3) is 0 Å². The summed E-state index contributed by atoms with van der Waals surface area (Å²) in [5.74, 6) is 0.921. The lowest BCUT2D eigenvalue weighted by molar-refractivity contribution is -0.107. The van der Waals surface area contributed by atoms with Crippen LogP contribution in [0.4, 0.5) is 0 Å².